The molecule has 1 saturated carbocycles. The van der Waals surface area contributed by atoms with Crippen molar-refractivity contribution in [3.63, 3.8) is 0 Å². The van der Waals surface area contributed by atoms with Crippen LogP contribution >= 0.6 is 0 Å². The van der Waals surface area contributed by atoms with Gasteiger partial charge in [0.2, 0.25) is 0 Å². The van der Waals surface area contributed by atoms with Crippen molar-refractivity contribution in [2.45, 2.75) is 58.5 Å². The van der Waals surface area contributed by atoms with Gasteiger partial charge in [0.15, 0.2) is 0 Å². The Morgan fingerprint density at radius 1 is 1.30 bits per heavy atom. The van der Waals surface area contributed by atoms with Gasteiger partial charge >= 0.3 is 0 Å². The highest BCUT2D eigenvalue weighted by atomic mass is 15.1. The molecule has 2 fully saturated rings. The van der Waals surface area contributed by atoms with Gasteiger partial charge in [-0.25, -0.2) is 0 Å². The first kappa shape index (κ1) is 13.9. The van der Waals surface area contributed by atoms with E-state index in [1.54, 1.807) is 0 Å². The van der Waals surface area contributed by atoms with Gasteiger partial charge in [-0.3, -0.25) is 4.98 Å². The summed E-state index contributed by atoms with van der Waals surface area (Å²) in [4.78, 5) is 6.89. The zero-order chi connectivity index (χ0) is 14.0. The Balaban J connectivity index is 1.71. The molecule has 20 heavy (non-hydrogen) atoms. The summed E-state index contributed by atoms with van der Waals surface area (Å²) < 4.78 is 0. The number of pyridine rings is 1. The first-order valence-corrected chi connectivity index (χ1v) is 8.05. The SMILES string of the molecule is CC1(C)CCCN(c2ccncc2CNC2CC2)CC1. The predicted octanol–water partition coefficient (Wildman–Crippen LogP) is 3.35. The summed E-state index contributed by atoms with van der Waals surface area (Å²) in [6, 6.07) is 2.95. The van der Waals surface area contributed by atoms with E-state index in [0.717, 1.165) is 12.6 Å². The summed E-state index contributed by atoms with van der Waals surface area (Å²) in [6.07, 6.45) is 10.6. The Morgan fingerprint density at radius 3 is 2.95 bits per heavy atom. The maximum absolute atomic E-state index is 4.32. The minimum absolute atomic E-state index is 0.494. The highest BCUT2D eigenvalue weighted by Gasteiger charge is 2.25. The van der Waals surface area contributed by atoms with Crippen molar-refractivity contribution < 1.29 is 0 Å². The fourth-order valence-corrected chi connectivity index (χ4v) is 3.07. The summed E-state index contributed by atoms with van der Waals surface area (Å²) in [5.41, 5.74) is 3.25. The molecule has 1 aromatic rings. The van der Waals surface area contributed by atoms with Gasteiger partial charge in [-0.2, -0.15) is 0 Å². The average molecular weight is 273 g/mol. The Bertz CT molecular complexity index is 451. The molecule has 3 nitrogen and oxygen atoms in total. The van der Waals surface area contributed by atoms with E-state index in [-0.39, 0.29) is 0 Å². The molecule has 0 bridgehead atoms. The maximum atomic E-state index is 4.32. The van der Waals surface area contributed by atoms with Gasteiger partial charge < -0.3 is 10.2 Å². The highest BCUT2D eigenvalue weighted by Crippen LogP contribution is 2.32. The largest absolute Gasteiger partial charge is 0.371 e. The molecular weight excluding hydrogens is 246 g/mol. The molecule has 0 unspecified atom stereocenters. The second-order valence-corrected chi connectivity index (χ2v) is 7.16. The number of hydrogen-bond donors (Lipinski definition) is 1. The lowest BCUT2D eigenvalue weighted by Gasteiger charge is -2.26. The molecular formula is C17H27N3. The monoisotopic (exact) mass is 273 g/mol. The smallest absolute Gasteiger partial charge is 0.0442 e. The Morgan fingerprint density at radius 2 is 2.15 bits per heavy atom. The molecule has 1 saturated heterocycles. The van der Waals surface area contributed by atoms with Crippen molar-refractivity contribution in [3.8, 4) is 0 Å². The maximum Gasteiger partial charge on any atom is 0.0442 e. The third kappa shape index (κ3) is 3.51. The van der Waals surface area contributed by atoms with E-state index < -0.39 is 0 Å². The van der Waals surface area contributed by atoms with E-state index in [2.05, 4.69) is 35.1 Å². The molecule has 0 amide bonds. The molecule has 110 valence electrons. The van der Waals surface area contributed by atoms with Crippen LogP contribution in [0.5, 0.6) is 0 Å². The van der Waals surface area contributed by atoms with Gasteiger partial charge in [0.05, 0.1) is 0 Å². The van der Waals surface area contributed by atoms with E-state index in [1.165, 1.54) is 56.4 Å². The summed E-state index contributed by atoms with van der Waals surface area (Å²) in [6.45, 7) is 8.13. The van der Waals surface area contributed by atoms with Crippen LogP contribution in [0.25, 0.3) is 0 Å². The normalized spacial score (nSPS) is 22.6. The van der Waals surface area contributed by atoms with Crippen LogP contribution in [0.1, 0.15) is 51.5 Å². The van der Waals surface area contributed by atoms with Gasteiger partial charge in [-0.15, -0.1) is 0 Å². The summed E-state index contributed by atoms with van der Waals surface area (Å²) in [5.74, 6) is 0. The van der Waals surface area contributed by atoms with Crippen molar-refractivity contribution in [2.75, 3.05) is 18.0 Å². The van der Waals surface area contributed by atoms with Crippen LogP contribution in [0.15, 0.2) is 18.5 Å². The quantitative estimate of drug-likeness (QED) is 0.912. The third-order valence-corrected chi connectivity index (χ3v) is 4.72. The lowest BCUT2D eigenvalue weighted by atomic mass is 9.85. The third-order valence-electron chi connectivity index (χ3n) is 4.72. The lowest BCUT2D eigenvalue weighted by molar-refractivity contribution is 0.325. The van der Waals surface area contributed by atoms with E-state index in [1.807, 2.05) is 12.4 Å². The average Bonchev–Trinajstić information content (AvgIpc) is 3.25. The molecule has 0 radical (unpaired) electrons. The van der Waals surface area contributed by atoms with Crippen LogP contribution in [0, 0.1) is 5.41 Å². The number of anilines is 1. The Hall–Kier alpha value is -1.09. The van der Waals surface area contributed by atoms with Gasteiger partial charge in [0.1, 0.15) is 0 Å². The minimum Gasteiger partial charge on any atom is -0.371 e. The molecule has 0 spiro atoms. The van der Waals surface area contributed by atoms with Crippen molar-refractivity contribution in [3.05, 3.63) is 24.0 Å². The number of aromatic nitrogens is 1. The molecule has 3 heteroatoms. The fourth-order valence-electron chi connectivity index (χ4n) is 3.07. The first-order chi connectivity index (χ1) is 9.64. The predicted molar refractivity (Wildman–Crippen MR) is 83.9 cm³/mol. The van der Waals surface area contributed by atoms with Crippen molar-refractivity contribution in [1.29, 1.82) is 0 Å². The molecule has 0 atom stereocenters. The van der Waals surface area contributed by atoms with E-state index in [0.29, 0.717) is 5.41 Å². The second kappa shape index (κ2) is 5.72. The van der Waals surface area contributed by atoms with Crippen LogP contribution in [-0.4, -0.2) is 24.1 Å². The summed E-state index contributed by atoms with van der Waals surface area (Å²) >= 11 is 0. The lowest BCUT2D eigenvalue weighted by Crippen LogP contribution is -2.27. The highest BCUT2D eigenvalue weighted by molar-refractivity contribution is 5.52. The van der Waals surface area contributed by atoms with Crippen LogP contribution in [0.2, 0.25) is 0 Å². The number of hydrogen-bond acceptors (Lipinski definition) is 3. The number of nitrogens with one attached hydrogen (secondary N) is 1. The van der Waals surface area contributed by atoms with E-state index >= 15 is 0 Å². The van der Waals surface area contributed by atoms with Gasteiger partial charge in [0, 0.05) is 49.3 Å². The van der Waals surface area contributed by atoms with Gasteiger partial charge in [0.25, 0.3) is 0 Å². The van der Waals surface area contributed by atoms with Crippen LogP contribution < -0.4 is 10.2 Å². The van der Waals surface area contributed by atoms with Crippen molar-refractivity contribution >= 4 is 5.69 Å². The number of rotatable bonds is 4. The minimum atomic E-state index is 0.494. The summed E-state index contributed by atoms with van der Waals surface area (Å²) in [7, 11) is 0. The van der Waals surface area contributed by atoms with Crippen LogP contribution in [-0.2, 0) is 6.54 Å². The van der Waals surface area contributed by atoms with Crippen molar-refractivity contribution in [1.82, 2.24) is 10.3 Å². The molecule has 1 aliphatic heterocycles. The van der Waals surface area contributed by atoms with Gasteiger partial charge in [-0.05, 0) is 43.6 Å². The first-order valence-electron chi connectivity index (χ1n) is 8.05. The summed E-state index contributed by atoms with van der Waals surface area (Å²) in [5, 5.41) is 3.62. The molecule has 2 heterocycles. The zero-order valence-corrected chi connectivity index (χ0v) is 12.9. The molecule has 2 aliphatic rings. The van der Waals surface area contributed by atoms with Crippen molar-refractivity contribution in [2.24, 2.45) is 5.41 Å². The standard InChI is InChI=1S/C17H27N3/c1-17(2)7-3-10-20(11-8-17)16-6-9-18-12-14(16)13-19-15-4-5-15/h6,9,12,15,19H,3-5,7-8,10-11,13H2,1-2H3. The second-order valence-electron chi connectivity index (χ2n) is 7.16. The van der Waals surface area contributed by atoms with Crippen LogP contribution in [0.3, 0.4) is 0 Å². The molecule has 1 aromatic heterocycles. The Kier molecular flexibility index (Phi) is 3.97. The van der Waals surface area contributed by atoms with E-state index in [4.69, 9.17) is 0 Å². The zero-order valence-electron chi connectivity index (χ0n) is 12.9. The Labute approximate surface area is 122 Å². The molecule has 0 aromatic carbocycles. The van der Waals surface area contributed by atoms with E-state index in [9.17, 15) is 0 Å². The number of nitrogens with zero attached hydrogens (tertiary/aromatic N) is 2. The topological polar surface area (TPSA) is 28.2 Å². The van der Waals surface area contributed by atoms with Gasteiger partial charge in [-0.1, -0.05) is 13.8 Å². The van der Waals surface area contributed by atoms with Crippen LogP contribution in [0.4, 0.5) is 5.69 Å². The molecule has 3 rings (SSSR count). The fraction of sp³-hybridized carbons (Fsp3) is 0.706. The molecule has 1 aliphatic carbocycles. The molecule has 1 N–H and O–H groups in total.